The van der Waals surface area contributed by atoms with Crippen LogP contribution in [0.3, 0.4) is 0 Å². The largest absolute Gasteiger partial charge is 0.477 e. The first kappa shape index (κ1) is 20.5. The minimum atomic E-state index is -0.565. The van der Waals surface area contributed by atoms with Gasteiger partial charge < -0.3 is 10.1 Å². The second-order valence-corrected chi connectivity index (χ2v) is 7.23. The molecule has 0 radical (unpaired) electrons. The zero-order valence-corrected chi connectivity index (χ0v) is 17.4. The van der Waals surface area contributed by atoms with Gasteiger partial charge in [0, 0.05) is 11.6 Å². The number of amides is 1. The van der Waals surface area contributed by atoms with Gasteiger partial charge in [-0.2, -0.15) is 0 Å². The van der Waals surface area contributed by atoms with Gasteiger partial charge in [0.25, 0.3) is 5.91 Å². The highest BCUT2D eigenvalue weighted by molar-refractivity contribution is 5.94. The molecule has 0 bridgehead atoms. The summed E-state index contributed by atoms with van der Waals surface area (Å²) in [5, 5.41) is 7.35. The predicted octanol–water partition coefficient (Wildman–Crippen LogP) is 4.56. The molecule has 4 aromatic rings. The zero-order valence-electron chi connectivity index (χ0n) is 17.4. The van der Waals surface area contributed by atoms with Crippen LogP contribution in [-0.4, -0.2) is 27.1 Å². The van der Waals surface area contributed by atoms with Gasteiger partial charge in [0.2, 0.25) is 5.88 Å². The summed E-state index contributed by atoms with van der Waals surface area (Å²) >= 11 is 0. The van der Waals surface area contributed by atoms with Gasteiger partial charge in [0.15, 0.2) is 5.65 Å². The predicted molar refractivity (Wildman–Crippen MR) is 117 cm³/mol. The smallest absolute Gasteiger partial charge is 0.254 e. The Morgan fingerprint density at radius 1 is 1.10 bits per heavy atom. The van der Waals surface area contributed by atoms with Crippen molar-refractivity contribution in [2.45, 2.75) is 26.8 Å². The number of ether oxygens (including phenoxy) is 1. The molecule has 6 nitrogen and oxygen atoms in total. The van der Waals surface area contributed by atoms with Crippen LogP contribution in [0.2, 0.25) is 0 Å². The van der Waals surface area contributed by atoms with Crippen LogP contribution >= 0.6 is 0 Å². The minimum absolute atomic E-state index is 0.00636. The fourth-order valence-corrected chi connectivity index (χ4v) is 3.25. The van der Waals surface area contributed by atoms with Crippen LogP contribution in [0.25, 0.3) is 16.9 Å². The van der Waals surface area contributed by atoms with Gasteiger partial charge in [-0.15, -0.1) is 5.10 Å². The molecule has 0 atom stereocenters. The Morgan fingerprint density at radius 2 is 1.87 bits per heavy atom. The molecule has 2 heterocycles. The number of imidazole rings is 1. The highest BCUT2D eigenvalue weighted by Gasteiger charge is 2.18. The van der Waals surface area contributed by atoms with E-state index >= 15 is 0 Å². The number of rotatable bonds is 7. The van der Waals surface area contributed by atoms with Crippen LogP contribution in [0.15, 0.2) is 60.7 Å². The Hall–Kier alpha value is -3.74. The minimum Gasteiger partial charge on any atom is -0.477 e. The molecule has 31 heavy (non-hydrogen) atoms. The summed E-state index contributed by atoms with van der Waals surface area (Å²) in [6.45, 7) is 4.72. The molecule has 0 fully saturated rings. The number of carbonyl (C=O) groups is 1. The van der Waals surface area contributed by atoms with E-state index in [1.54, 1.807) is 22.7 Å². The average molecular weight is 418 g/mol. The molecule has 2 aromatic heterocycles. The third kappa shape index (κ3) is 4.40. The molecule has 0 spiro atoms. The molecule has 0 saturated heterocycles. The SMILES string of the molecule is CCCOc1ccc2nc(-c3ccc(C)cc3)c(CNC(=O)c3ccccc3F)n2n1. The number of nitrogens with zero attached hydrogens (tertiary/aromatic N) is 3. The van der Waals surface area contributed by atoms with E-state index < -0.39 is 11.7 Å². The topological polar surface area (TPSA) is 68.5 Å². The summed E-state index contributed by atoms with van der Waals surface area (Å²) in [6, 6.07) is 17.5. The van der Waals surface area contributed by atoms with E-state index in [0.717, 1.165) is 17.5 Å². The molecule has 0 aliphatic heterocycles. The third-order valence-electron chi connectivity index (χ3n) is 4.86. The highest BCUT2D eigenvalue weighted by atomic mass is 19.1. The Kier molecular flexibility index (Phi) is 5.93. The molecule has 0 saturated carbocycles. The summed E-state index contributed by atoms with van der Waals surface area (Å²) in [7, 11) is 0. The highest BCUT2D eigenvalue weighted by Crippen LogP contribution is 2.25. The summed E-state index contributed by atoms with van der Waals surface area (Å²) in [6.07, 6.45) is 0.865. The van der Waals surface area contributed by atoms with Crippen molar-refractivity contribution in [3.8, 4) is 17.1 Å². The van der Waals surface area contributed by atoms with Crippen molar-refractivity contribution in [2.75, 3.05) is 6.61 Å². The maximum absolute atomic E-state index is 14.0. The summed E-state index contributed by atoms with van der Waals surface area (Å²) in [4.78, 5) is 17.3. The van der Waals surface area contributed by atoms with E-state index in [-0.39, 0.29) is 12.1 Å². The average Bonchev–Trinajstić information content (AvgIpc) is 3.14. The maximum Gasteiger partial charge on any atom is 0.254 e. The van der Waals surface area contributed by atoms with Gasteiger partial charge in [0.05, 0.1) is 30.1 Å². The lowest BCUT2D eigenvalue weighted by atomic mass is 10.1. The standard InChI is InChI=1S/C24H23FN4O2/c1-3-14-31-22-13-12-21-27-23(17-10-8-16(2)9-11-17)20(29(21)28-22)15-26-24(30)18-6-4-5-7-19(18)25/h4-13H,3,14-15H2,1-2H3,(H,26,30). The first-order valence-corrected chi connectivity index (χ1v) is 10.2. The van der Waals surface area contributed by atoms with Crippen molar-refractivity contribution in [1.29, 1.82) is 0 Å². The van der Waals surface area contributed by atoms with Crippen molar-refractivity contribution >= 4 is 11.6 Å². The third-order valence-corrected chi connectivity index (χ3v) is 4.86. The Balaban J connectivity index is 1.72. The van der Waals surface area contributed by atoms with E-state index in [9.17, 15) is 9.18 Å². The molecule has 4 rings (SSSR count). The number of nitrogens with one attached hydrogen (secondary N) is 1. The van der Waals surface area contributed by atoms with Crippen molar-refractivity contribution in [3.63, 3.8) is 0 Å². The monoisotopic (exact) mass is 418 g/mol. The number of hydrogen-bond donors (Lipinski definition) is 1. The molecule has 0 unspecified atom stereocenters. The number of aromatic nitrogens is 3. The molecule has 1 amide bonds. The summed E-state index contributed by atoms with van der Waals surface area (Å²) in [5.41, 5.74) is 4.06. The number of aryl methyl sites for hydroxylation is 1. The lowest BCUT2D eigenvalue weighted by Gasteiger charge is -2.09. The fraction of sp³-hybridized carbons (Fsp3) is 0.208. The Labute approximate surface area is 179 Å². The van der Waals surface area contributed by atoms with E-state index in [0.29, 0.717) is 29.5 Å². The number of halogens is 1. The van der Waals surface area contributed by atoms with Crippen molar-refractivity contribution < 1.29 is 13.9 Å². The molecule has 158 valence electrons. The lowest BCUT2D eigenvalue weighted by Crippen LogP contribution is -2.25. The van der Waals surface area contributed by atoms with Gasteiger partial charge in [-0.05, 0) is 31.5 Å². The van der Waals surface area contributed by atoms with Crippen LogP contribution in [0.1, 0.15) is 35.0 Å². The summed E-state index contributed by atoms with van der Waals surface area (Å²) < 4.78 is 21.3. The second kappa shape index (κ2) is 8.95. The van der Waals surface area contributed by atoms with Crippen molar-refractivity contribution in [3.05, 3.63) is 83.3 Å². The molecule has 0 aliphatic rings. The molecular formula is C24H23FN4O2. The van der Waals surface area contributed by atoms with Gasteiger partial charge in [0.1, 0.15) is 5.82 Å². The van der Waals surface area contributed by atoms with E-state index in [4.69, 9.17) is 9.72 Å². The van der Waals surface area contributed by atoms with Crippen LogP contribution in [-0.2, 0) is 6.54 Å². The van der Waals surface area contributed by atoms with Crippen LogP contribution in [0.4, 0.5) is 4.39 Å². The Bertz CT molecular complexity index is 1220. The van der Waals surface area contributed by atoms with Crippen molar-refractivity contribution in [1.82, 2.24) is 19.9 Å². The van der Waals surface area contributed by atoms with Gasteiger partial charge in [-0.1, -0.05) is 48.9 Å². The fourth-order valence-electron chi connectivity index (χ4n) is 3.25. The van der Waals surface area contributed by atoms with E-state index in [2.05, 4.69) is 10.4 Å². The maximum atomic E-state index is 14.0. The second-order valence-electron chi connectivity index (χ2n) is 7.23. The van der Waals surface area contributed by atoms with Gasteiger partial charge in [-0.25, -0.2) is 13.9 Å². The summed E-state index contributed by atoms with van der Waals surface area (Å²) in [5.74, 6) is -0.588. The normalized spacial score (nSPS) is 10.9. The number of hydrogen-bond acceptors (Lipinski definition) is 4. The zero-order chi connectivity index (χ0) is 21.8. The van der Waals surface area contributed by atoms with Gasteiger partial charge >= 0.3 is 0 Å². The van der Waals surface area contributed by atoms with Crippen LogP contribution in [0, 0.1) is 12.7 Å². The molecule has 1 N–H and O–H groups in total. The quantitative estimate of drug-likeness (QED) is 0.478. The molecule has 0 aliphatic carbocycles. The molecular weight excluding hydrogens is 395 g/mol. The molecule has 2 aromatic carbocycles. The Morgan fingerprint density at radius 3 is 2.61 bits per heavy atom. The van der Waals surface area contributed by atoms with E-state index in [1.165, 1.54) is 12.1 Å². The lowest BCUT2D eigenvalue weighted by molar-refractivity contribution is 0.0946. The first-order valence-electron chi connectivity index (χ1n) is 10.2. The molecule has 7 heteroatoms. The van der Waals surface area contributed by atoms with E-state index in [1.807, 2.05) is 44.2 Å². The number of benzene rings is 2. The van der Waals surface area contributed by atoms with Crippen LogP contribution in [0.5, 0.6) is 5.88 Å². The van der Waals surface area contributed by atoms with Crippen LogP contribution < -0.4 is 10.1 Å². The number of fused-ring (bicyclic) bond motifs is 1. The van der Waals surface area contributed by atoms with Crippen molar-refractivity contribution in [2.24, 2.45) is 0 Å². The first-order chi connectivity index (χ1) is 15.1. The number of carbonyl (C=O) groups excluding carboxylic acids is 1. The van der Waals surface area contributed by atoms with Gasteiger partial charge in [-0.3, -0.25) is 4.79 Å².